The lowest BCUT2D eigenvalue weighted by molar-refractivity contribution is 0.0685. The van der Waals surface area contributed by atoms with Crippen LogP contribution in [0.3, 0.4) is 0 Å². The molecule has 0 aliphatic carbocycles. The van der Waals surface area contributed by atoms with Gasteiger partial charge in [-0.05, 0) is 13.0 Å². The summed E-state index contributed by atoms with van der Waals surface area (Å²) in [5, 5.41) is 17.8. The van der Waals surface area contributed by atoms with Crippen LogP contribution in [0.2, 0.25) is 0 Å². The molecule has 0 saturated carbocycles. The molecule has 0 aliphatic rings. The van der Waals surface area contributed by atoms with E-state index in [0.29, 0.717) is 5.56 Å². The van der Waals surface area contributed by atoms with Crippen LogP contribution in [0.15, 0.2) is 18.3 Å². The quantitative estimate of drug-likeness (QED) is 0.629. The van der Waals surface area contributed by atoms with Gasteiger partial charge in [0.2, 0.25) is 0 Å². The van der Waals surface area contributed by atoms with Crippen LogP contribution in [0.25, 0.3) is 0 Å². The van der Waals surface area contributed by atoms with Crippen molar-refractivity contribution in [3.05, 3.63) is 29.6 Å². The van der Waals surface area contributed by atoms with E-state index in [0.717, 1.165) is 0 Å². The molecular formula is C9H12N2O3. The van der Waals surface area contributed by atoms with Crippen molar-refractivity contribution in [2.45, 2.75) is 12.5 Å². The number of rotatable bonds is 3. The molecule has 4 N–H and O–H groups in total. The Morgan fingerprint density at radius 1 is 1.71 bits per heavy atom. The molecule has 0 radical (unpaired) electrons. The summed E-state index contributed by atoms with van der Waals surface area (Å²) in [5.74, 6) is -1.15. The molecule has 0 aromatic carbocycles. The van der Waals surface area contributed by atoms with Gasteiger partial charge in [-0.15, -0.1) is 0 Å². The maximum Gasteiger partial charge on any atom is 0.354 e. The second-order valence-electron chi connectivity index (χ2n) is 3.28. The Morgan fingerprint density at radius 2 is 2.36 bits per heavy atom. The highest BCUT2D eigenvalue weighted by Gasteiger charge is 2.26. The molecule has 1 heterocycles. The molecule has 0 saturated heterocycles. The van der Waals surface area contributed by atoms with Crippen LogP contribution in [-0.2, 0) is 5.54 Å². The first-order valence-electron chi connectivity index (χ1n) is 4.07. The summed E-state index contributed by atoms with van der Waals surface area (Å²) in [6.07, 6.45) is 1.38. The number of carboxylic acids is 1. The predicted octanol–water partition coefficient (Wildman–Crippen LogP) is -0.0540. The first-order chi connectivity index (χ1) is 6.49. The summed E-state index contributed by atoms with van der Waals surface area (Å²) >= 11 is 0. The number of nitrogens with zero attached hydrogens (tertiary/aromatic N) is 1. The van der Waals surface area contributed by atoms with Gasteiger partial charge in [-0.2, -0.15) is 0 Å². The zero-order valence-electron chi connectivity index (χ0n) is 7.77. The molecule has 0 aliphatic heterocycles. The van der Waals surface area contributed by atoms with Gasteiger partial charge in [0.05, 0.1) is 12.1 Å². The van der Waals surface area contributed by atoms with Crippen LogP contribution in [0.1, 0.15) is 23.0 Å². The first-order valence-corrected chi connectivity index (χ1v) is 4.07. The Balaban J connectivity index is 3.27. The fourth-order valence-electron chi connectivity index (χ4n) is 1.12. The largest absolute Gasteiger partial charge is 0.477 e. The zero-order chi connectivity index (χ0) is 10.8. The van der Waals surface area contributed by atoms with Gasteiger partial charge in [0, 0.05) is 11.8 Å². The minimum atomic E-state index is -1.15. The van der Waals surface area contributed by atoms with E-state index >= 15 is 0 Å². The van der Waals surface area contributed by atoms with Crippen molar-refractivity contribution in [1.29, 1.82) is 0 Å². The third kappa shape index (κ3) is 1.89. The normalized spacial score (nSPS) is 14.8. The highest BCUT2D eigenvalue weighted by atomic mass is 16.4. The lowest BCUT2D eigenvalue weighted by atomic mass is 9.93. The van der Waals surface area contributed by atoms with Crippen LogP contribution < -0.4 is 5.73 Å². The number of nitrogens with two attached hydrogens (primary N) is 1. The van der Waals surface area contributed by atoms with Gasteiger partial charge in [-0.1, -0.05) is 6.07 Å². The molecule has 5 nitrogen and oxygen atoms in total. The number of pyridine rings is 1. The van der Waals surface area contributed by atoms with E-state index in [1.165, 1.54) is 6.20 Å². The lowest BCUT2D eigenvalue weighted by Crippen LogP contribution is -2.38. The SMILES string of the molecule is C[C@@](N)(CO)c1cccnc1C(=O)O. The van der Waals surface area contributed by atoms with Crippen molar-refractivity contribution < 1.29 is 15.0 Å². The van der Waals surface area contributed by atoms with Gasteiger partial charge >= 0.3 is 5.97 Å². The molecule has 1 atom stereocenters. The molecule has 5 heteroatoms. The number of aromatic nitrogens is 1. The van der Waals surface area contributed by atoms with E-state index in [4.69, 9.17) is 15.9 Å². The monoisotopic (exact) mass is 196 g/mol. The minimum absolute atomic E-state index is 0.119. The van der Waals surface area contributed by atoms with Crippen molar-refractivity contribution in [2.75, 3.05) is 6.61 Å². The summed E-state index contributed by atoms with van der Waals surface area (Å²) in [7, 11) is 0. The van der Waals surface area contributed by atoms with Crippen LogP contribution in [0, 0.1) is 0 Å². The van der Waals surface area contributed by atoms with Crippen molar-refractivity contribution >= 4 is 5.97 Å². The fourth-order valence-corrected chi connectivity index (χ4v) is 1.12. The summed E-state index contributed by atoms with van der Waals surface area (Å²) in [5.41, 5.74) is 4.85. The molecule has 0 bridgehead atoms. The van der Waals surface area contributed by atoms with E-state index in [9.17, 15) is 4.79 Å². The molecule has 0 unspecified atom stereocenters. The van der Waals surface area contributed by atoms with Gasteiger partial charge in [0.25, 0.3) is 0 Å². The Hall–Kier alpha value is -1.46. The summed E-state index contributed by atoms with van der Waals surface area (Å²) in [6.45, 7) is 1.22. The Bertz CT molecular complexity index is 350. The first kappa shape index (κ1) is 10.6. The number of aliphatic hydroxyl groups is 1. The highest BCUT2D eigenvalue weighted by molar-refractivity contribution is 5.87. The average molecular weight is 196 g/mol. The average Bonchev–Trinajstić information content (AvgIpc) is 2.18. The molecule has 1 aromatic heterocycles. The topological polar surface area (TPSA) is 96.4 Å². The maximum absolute atomic E-state index is 10.8. The van der Waals surface area contributed by atoms with E-state index < -0.39 is 11.5 Å². The predicted molar refractivity (Wildman–Crippen MR) is 49.8 cm³/mol. The van der Waals surface area contributed by atoms with Crippen molar-refractivity contribution in [1.82, 2.24) is 4.98 Å². The number of aromatic carboxylic acids is 1. The van der Waals surface area contributed by atoms with Crippen LogP contribution >= 0.6 is 0 Å². The lowest BCUT2D eigenvalue weighted by Gasteiger charge is -2.23. The molecule has 0 spiro atoms. The highest BCUT2D eigenvalue weighted by Crippen LogP contribution is 2.19. The maximum atomic E-state index is 10.8. The molecule has 0 fully saturated rings. The molecule has 1 aromatic rings. The van der Waals surface area contributed by atoms with E-state index in [1.807, 2.05) is 0 Å². The van der Waals surface area contributed by atoms with Gasteiger partial charge in [-0.3, -0.25) is 0 Å². The zero-order valence-corrected chi connectivity index (χ0v) is 7.77. The van der Waals surface area contributed by atoms with Gasteiger partial charge in [0.1, 0.15) is 0 Å². The molecule has 1 rings (SSSR count). The molecule has 76 valence electrons. The van der Waals surface area contributed by atoms with E-state index in [-0.39, 0.29) is 12.3 Å². The number of hydrogen-bond donors (Lipinski definition) is 3. The van der Waals surface area contributed by atoms with E-state index in [2.05, 4.69) is 4.98 Å². The number of carboxylic acid groups (broad SMARTS) is 1. The third-order valence-corrected chi connectivity index (χ3v) is 1.95. The Kier molecular flexibility index (Phi) is 2.83. The van der Waals surface area contributed by atoms with Crippen LogP contribution in [-0.4, -0.2) is 27.8 Å². The fraction of sp³-hybridized carbons (Fsp3) is 0.333. The van der Waals surface area contributed by atoms with Gasteiger partial charge in [-0.25, -0.2) is 9.78 Å². The second kappa shape index (κ2) is 3.73. The smallest absolute Gasteiger partial charge is 0.354 e. The second-order valence-corrected chi connectivity index (χ2v) is 3.28. The summed E-state index contributed by atoms with van der Waals surface area (Å²) in [4.78, 5) is 14.5. The van der Waals surface area contributed by atoms with Gasteiger partial charge in [0.15, 0.2) is 5.69 Å². The van der Waals surface area contributed by atoms with Gasteiger partial charge < -0.3 is 15.9 Å². The Labute approximate surface area is 81.2 Å². The summed E-state index contributed by atoms with van der Waals surface area (Å²) in [6, 6.07) is 3.13. The van der Waals surface area contributed by atoms with Crippen molar-refractivity contribution in [3.63, 3.8) is 0 Å². The number of hydrogen-bond acceptors (Lipinski definition) is 4. The number of aliphatic hydroxyl groups excluding tert-OH is 1. The molecule has 0 amide bonds. The summed E-state index contributed by atoms with van der Waals surface area (Å²) < 4.78 is 0. The van der Waals surface area contributed by atoms with Crippen molar-refractivity contribution in [3.8, 4) is 0 Å². The van der Waals surface area contributed by atoms with Crippen LogP contribution in [0.5, 0.6) is 0 Å². The van der Waals surface area contributed by atoms with Crippen molar-refractivity contribution in [2.24, 2.45) is 5.73 Å². The minimum Gasteiger partial charge on any atom is -0.477 e. The molecular weight excluding hydrogens is 184 g/mol. The standard InChI is InChI=1S/C9H12N2O3/c1-9(10,5-12)6-3-2-4-11-7(6)8(13)14/h2-4,12H,5,10H2,1H3,(H,13,14)/t9-/m1/s1. The Morgan fingerprint density at radius 3 is 2.86 bits per heavy atom. The molecule has 14 heavy (non-hydrogen) atoms. The third-order valence-electron chi connectivity index (χ3n) is 1.95. The van der Waals surface area contributed by atoms with Crippen LogP contribution in [0.4, 0.5) is 0 Å². The number of carbonyl (C=O) groups is 1. The van der Waals surface area contributed by atoms with E-state index in [1.54, 1.807) is 19.1 Å².